The molecule has 0 saturated carbocycles. The molecular weight excluding hydrogens is 218 g/mol. The SMILES string of the molecule is CN(C)CCNC(=O)CNCC(=O)C(C)(C)C. The van der Waals surface area contributed by atoms with Gasteiger partial charge in [-0.15, -0.1) is 0 Å². The number of likely N-dealkylation sites (N-methyl/N-ethyl adjacent to an activating group) is 1. The van der Waals surface area contributed by atoms with E-state index in [1.54, 1.807) is 0 Å². The van der Waals surface area contributed by atoms with Crippen molar-refractivity contribution in [2.45, 2.75) is 20.8 Å². The summed E-state index contributed by atoms with van der Waals surface area (Å²) >= 11 is 0. The van der Waals surface area contributed by atoms with Crippen molar-refractivity contribution in [3.05, 3.63) is 0 Å². The molecule has 0 spiro atoms. The van der Waals surface area contributed by atoms with Crippen molar-refractivity contribution in [3.8, 4) is 0 Å². The number of Topliss-reactive ketones (excluding diaryl/α,β-unsaturated/α-hetero) is 1. The van der Waals surface area contributed by atoms with Gasteiger partial charge in [0.25, 0.3) is 0 Å². The Balaban J connectivity index is 3.62. The van der Waals surface area contributed by atoms with Gasteiger partial charge in [0.05, 0.1) is 13.1 Å². The molecule has 2 N–H and O–H groups in total. The number of ketones is 1. The Morgan fingerprint density at radius 3 is 2.18 bits per heavy atom. The highest BCUT2D eigenvalue weighted by Gasteiger charge is 2.20. The standard InChI is InChI=1S/C12H25N3O2/c1-12(2,3)10(16)8-13-9-11(17)14-6-7-15(4)5/h13H,6-9H2,1-5H3,(H,14,17). The van der Waals surface area contributed by atoms with Crippen LogP contribution in [0.3, 0.4) is 0 Å². The Hall–Kier alpha value is -0.940. The van der Waals surface area contributed by atoms with Crippen LogP contribution in [-0.2, 0) is 9.59 Å². The lowest BCUT2D eigenvalue weighted by Gasteiger charge is -2.16. The van der Waals surface area contributed by atoms with Crippen molar-refractivity contribution in [3.63, 3.8) is 0 Å². The fourth-order valence-corrected chi connectivity index (χ4v) is 1.04. The summed E-state index contributed by atoms with van der Waals surface area (Å²) in [6.45, 7) is 7.48. The molecule has 0 aliphatic carbocycles. The van der Waals surface area contributed by atoms with Gasteiger partial charge in [0, 0.05) is 18.5 Å². The summed E-state index contributed by atoms with van der Waals surface area (Å²) < 4.78 is 0. The number of amides is 1. The maximum absolute atomic E-state index is 11.5. The zero-order valence-electron chi connectivity index (χ0n) is 11.6. The molecule has 0 aromatic heterocycles. The van der Waals surface area contributed by atoms with E-state index in [0.29, 0.717) is 6.54 Å². The molecule has 0 aliphatic rings. The Morgan fingerprint density at radius 2 is 1.71 bits per heavy atom. The summed E-state index contributed by atoms with van der Waals surface area (Å²) in [5.41, 5.74) is -0.353. The van der Waals surface area contributed by atoms with Crippen LogP contribution in [0.2, 0.25) is 0 Å². The second-order valence-electron chi connectivity index (χ2n) is 5.43. The third kappa shape index (κ3) is 8.83. The first-order valence-electron chi connectivity index (χ1n) is 5.89. The van der Waals surface area contributed by atoms with Crippen molar-refractivity contribution < 1.29 is 9.59 Å². The van der Waals surface area contributed by atoms with Gasteiger partial charge in [0.15, 0.2) is 5.78 Å². The van der Waals surface area contributed by atoms with Gasteiger partial charge in [0.1, 0.15) is 0 Å². The first-order valence-corrected chi connectivity index (χ1v) is 5.89. The number of hydrogen-bond acceptors (Lipinski definition) is 4. The van der Waals surface area contributed by atoms with Crippen LogP contribution in [-0.4, -0.2) is 56.9 Å². The number of nitrogens with zero attached hydrogens (tertiary/aromatic N) is 1. The summed E-state index contributed by atoms with van der Waals surface area (Å²) in [6, 6.07) is 0. The topological polar surface area (TPSA) is 61.4 Å². The van der Waals surface area contributed by atoms with Crippen LogP contribution in [0, 0.1) is 5.41 Å². The Labute approximate surface area is 104 Å². The molecule has 0 atom stereocenters. The van der Waals surface area contributed by atoms with E-state index in [2.05, 4.69) is 10.6 Å². The first-order chi connectivity index (χ1) is 7.73. The number of carbonyl (C=O) groups is 2. The number of hydrogen-bond donors (Lipinski definition) is 2. The van der Waals surface area contributed by atoms with E-state index in [1.165, 1.54) is 0 Å². The average Bonchev–Trinajstić information content (AvgIpc) is 2.15. The lowest BCUT2D eigenvalue weighted by Crippen LogP contribution is -2.40. The van der Waals surface area contributed by atoms with Crippen LogP contribution in [0.4, 0.5) is 0 Å². The molecule has 5 heteroatoms. The van der Waals surface area contributed by atoms with Gasteiger partial charge in [-0.25, -0.2) is 0 Å². The van der Waals surface area contributed by atoms with Gasteiger partial charge in [0.2, 0.25) is 5.91 Å². The smallest absolute Gasteiger partial charge is 0.234 e. The first kappa shape index (κ1) is 16.1. The maximum atomic E-state index is 11.5. The van der Waals surface area contributed by atoms with Crippen molar-refractivity contribution in [1.82, 2.24) is 15.5 Å². The highest BCUT2D eigenvalue weighted by Crippen LogP contribution is 2.13. The van der Waals surface area contributed by atoms with Gasteiger partial charge in [-0.2, -0.15) is 0 Å². The monoisotopic (exact) mass is 243 g/mol. The molecule has 0 fully saturated rings. The van der Waals surface area contributed by atoms with Crippen molar-refractivity contribution >= 4 is 11.7 Å². The fourth-order valence-electron chi connectivity index (χ4n) is 1.04. The second-order valence-corrected chi connectivity index (χ2v) is 5.43. The van der Waals surface area contributed by atoms with E-state index in [9.17, 15) is 9.59 Å². The minimum absolute atomic E-state index is 0.0754. The zero-order chi connectivity index (χ0) is 13.5. The van der Waals surface area contributed by atoms with E-state index in [1.807, 2.05) is 39.8 Å². The molecule has 0 aliphatic heterocycles. The molecule has 0 heterocycles. The molecule has 100 valence electrons. The van der Waals surface area contributed by atoms with Crippen molar-refractivity contribution in [2.75, 3.05) is 40.3 Å². The van der Waals surface area contributed by atoms with Gasteiger partial charge >= 0.3 is 0 Å². The van der Waals surface area contributed by atoms with Crippen molar-refractivity contribution in [2.24, 2.45) is 5.41 Å². The molecule has 5 nitrogen and oxygen atoms in total. The summed E-state index contributed by atoms with van der Waals surface area (Å²) in [5, 5.41) is 5.63. The number of carbonyl (C=O) groups excluding carboxylic acids is 2. The molecule has 0 aromatic rings. The quantitative estimate of drug-likeness (QED) is 0.654. The van der Waals surface area contributed by atoms with Gasteiger partial charge < -0.3 is 15.5 Å². The van der Waals surface area contributed by atoms with Gasteiger partial charge in [-0.3, -0.25) is 9.59 Å². The third-order valence-electron chi connectivity index (χ3n) is 2.29. The molecule has 0 saturated heterocycles. The molecule has 0 rings (SSSR count). The van der Waals surface area contributed by atoms with E-state index in [-0.39, 0.29) is 30.2 Å². The minimum Gasteiger partial charge on any atom is -0.354 e. The molecule has 1 amide bonds. The predicted molar refractivity (Wildman–Crippen MR) is 68.9 cm³/mol. The Morgan fingerprint density at radius 1 is 1.12 bits per heavy atom. The molecule has 0 radical (unpaired) electrons. The van der Waals surface area contributed by atoms with E-state index < -0.39 is 0 Å². The molecule has 0 bridgehead atoms. The second kappa shape index (κ2) is 7.40. The van der Waals surface area contributed by atoms with Crippen LogP contribution in [0.5, 0.6) is 0 Å². The summed E-state index contributed by atoms with van der Waals surface area (Å²) in [7, 11) is 3.90. The zero-order valence-corrected chi connectivity index (χ0v) is 11.6. The van der Waals surface area contributed by atoms with Crippen LogP contribution in [0.1, 0.15) is 20.8 Å². The summed E-state index contributed by atoms with van der Waals surface area (Å²) in [5.74, 6) is 0.0344. The maximum Gasteiger partial charge on any atom is 0.234 e. The third-order valence-corrected chi connectivity index (χ3v) is 2.29. The van der Waals surface area contributed by atoms with Crippen LogP contribution < -0.4 is 10.6 Å². The van der Waals surface area contributed by atoms with E-state index in [4.69, 9.17) is 0 Å². The highest BCUT2D eigenvalue weighted by molar-refractivity contribution is 5.86. The fraction of sp³-hybridized carbons (Fsp3) is 0.833. The van der Waals surface area contributed by atoms with Crippen LogP contribution >= 0.6 is 0 Å². The summed E-state index contributed by atoms with van der Waals surface area (Å²) in [4.78, 5) is 24.9. The normalized spacial score (nSPS) is 11.6. The molecular formula is C12H25N3O2. The van der Waals surface area contributed by atoms with Gasteiger partial charge in [-0.1, -0.05) is 20.8 Å². The number of rotatable bonds is 7. The summed E-state index contributed by atoms with van der Waals surface area (Å²) in [6.07, 6.45) is 0. The largest absolute Gasteiger partial charge is 0.354 e. The van der Waals surface area contributed by atoms with E-state index >= 15 is 0 Å². The lowest BCUT2D eigenvalue weighted by atomic mass is 9.91. The average molecular weight is 243 g/mol. The van der Waals surface area contributed by atoms with Crippen LogP contribution in [0.15, 0.2) is 0 Å². The molecule has 0 aromatic carbocycles. The molecule has 17 heavy (non-hydrogen) atoms. The minimum atomic E-state index is -0.353. The number of nitrogens with one attached hydrogen (secondary N) is 2. The molecule has 0 unspecified atom stereocenters. The highest BCUT2D eigenvalue weighted by atomic mass is 16.2. The van der Waals surface area contributed by atoms with Gasteiger partial charge in [-0.05, 0) is 14.1 Å². The Bertz CT molecular complexity index is 257. The van der Waals surface area contributed by atoms with Crippen LogP contribution in [0.25, 0.3) is 0 Å². The van der Waals surface area contributed by atoms with Crippen molar-refractivity contribution in [1.29, 1.82) is 0 Å². The van der Waals surface area contributed by atoms with E-state index in [0.717, 1.165) is 6.54 Å². The predicted octanol–water partition coefficient (Wildman–Crippen LogP) is -0.131. The lowest BCUT2D eigenvalue weighted by molar-refractivity contribution is -0.125. The Kier molecular flexibility index (Phi) is 6.99.